The molecule has 0 unspecified atom stereocenters. The number of nitrogens with zero attached hydrogens (tertiary/aromatic N) is 7. The van der Waals surface area contributed by atoms with E-state index in [4.69, 9.17) is 16.7 Å². The number of fused-ring (bicyclic) bond motifs is 1. The van der Waals surface area contributed by atoms with E-state index in [1.54, 1.807) is 6.07 Å². The number of carboxylic acids is 1. The van der Waals surface area contributed by atoms with Crippen molar-refractivity contribution in [2.75, 3.05) is 42.3 Å². The van der Waals surface area contributed by atoms with Crippen molar-refractivity contribution in [1.82, 2.24) is 19.6 Å². The van der Waals surface area contributed by atoms with Crippen LogP contribution in [0.5, 0.6) is 0 Å². The van der Waals surface area contributed by atoms with E-state index < -0.39 is 12.1 Å². The molecule has 2 aliphatic rings. The number of primary amides is 1. The zero-order chi connectivity index (χ0) is 29.9. The van der Waals surface area contributed by atoms with Gasteiger partial charge in [0.05, 0.1) is 47.9 Å². The van der Waals surface area contributed by atoms with Gasteiger partial charge in [0.2, 0.25) is 5.95 Å². The van der Waals surface area contributed by atoms with Crippen molar-refractivity contribution in [3.05, 3.63) is 34.6 Å². The second-order valence-corrected chi connectivity index (χ2v) is 9.33. The summed E-state index contributed by atoms with van der Waals surface area (Å²) in [5, 5.41) is 38.0. The lowest BCUT2D eigenvalue weighted by Crippen LogP contribution is -2.29. The average Bonchev–Trinajstić information content (AvgIpc) is 3.70. The fourth-order valence-corrected chi connectivity index (χ4v) is 4.05. The number of hydrogen-bond acceptors (Lipinski definition) is 12. The lowest BCUT2D eigenvalue weighted by Gasteiger charge is -2.30. The summed E-state index contributed by atoms with van der Waals surface area (Å²) in [6.07, 6.45) is 6.27. The summed E-state index contributed by atoms with van der Waals surface area (Å²) in [4.78, 5) is 29.7. The number of ether oxygens (including phenoxy) is 1. The molecule has 2 fully saturated rings. The number of aliphatic carboxylic acids is 1. The molecule has 1 saturated heterocycles. The molecule has 16 heteroatoms. The van der Waals surface area contributed by atoms with Gasteiger partial charge in [-0.3, -0.25) is 4.79 Å². The quantitative estimate of drug-likeness (QED) is 0.281. The highest BCUT2D eigenvalue weighted by molar-refractivity contribution is 6.36. The highest BCUT2D eigenvalue weighted by Gasteiger charge is 2.25. The highest BCUT2D eigenvalue weighted by atomic mass is 35.5. The van der Waals surface area contributed by atoms with E-state index >= 15 is 0 Å². The number of rotatable bonds is 6. The minimum absolute atomic E-state index is 0.270. The molecule has 5 rings (SSSR count). The summed E-state index contributed by atoms with van der Waals surface area (Å²) >= 11 is 6.75. The van der Waals surface area contributed by atoms with E-state index in [0.717, 1.165) is 44.5 Å². The number of hydrogen-bond donors (Lipinski definition) is 5. The molecule has 0 atom stereocenters. The van der Waals surface area contributed by atoms with Crippen molar-refractivity contribution < 1.29 is 19.4 Å². The number of methoxy groups -OCH3 is 1. The van der Waals surface area contributed by atoms with Gasteiger partial charge in [0.15, 0.2) is 17.2 Å². The molecule has 216 valence electrons. The highest BCUT2D eigenvalue weighted by Crippen LogP contribution is 2.37. The van der Waals surface area contributed by atoms with Gasteiger partial charge < -0.3 is 36.8 Å². The first-order chi connectivity index (χ1) is 19.7. The van der Waals surface area contributed by atoms with Gasteiger partial charge in [-0.05, 0) is 44.2 Å². The lowest BCUT2D eigenvalue weighted by molar-refractivity contribution is -0.135. The Morgan fingerprint density at radius 3 is 2.41 bits per heavy atom. The summed E-state index contributed by atoms with van der Waals surface area (Å²) < 4.78 is 5.35. The number of nitriles is 2. The van der Waals surface area contributed by atoms with Crippen LogP contribution in [0.15, 0.2) is 18.3 Å². The molecule has 1 aliphatic heterocycles. The second-order valence-electron chi connectivity index (χ2n) is 8.96. The van der Waals surface area contributed by atoms with E-state index in [9.17, 15) is 20.1 Å². The smallest absolute Gasteiger partial charge is 0.404 e. The van der Waals surface area contributed by atoms with Gasteiger partial charge in [0.25, 0.3) is 0 Å². The predicted octanol–water partition coefficient (Wildman–Crippen LogP) is 2.57. The van der Waals surface area contributed by atoms with Gasteiger partial charge in [0, 0.05) is 19.1 Å². The molecule has 1 saturated carbocycles. The fraction of sp³-hybridized carbons (Fsp3) is 0.400. The number of nitrogens with one attached hydrogen (secondary N) is 2. The number of aromatic nitrogens is 4. The third kappa shape index (κ3) is 8.56. The third-order valence-electron chi connectivity index (χ3n) is 5.90. The number of carbonyl (C=O) groups is 2. The number of carbonyl (C=O) groups excluding carboxylic acids is 1. The summed E-state index contributed by atoms with van der Waals surface area (Å²) in [6.45, 7) is 1.54. The lowest BCUT2D eigenvalue weighted by atomic mass is 10.1. The third-order valence-corrected chi connectivity index (χ3v) is 6.29. The Morgan fingerprint density at radius 2 is 1.88 bits per heavy atom. The van der Waals surface area contributed by atoms with Crippen LogP contribution in [-0.4, -0.2) is 69.5 Å². The van der Waals surface area contributed by atoms with Crippen LogP contribution in [0.3, 0.4) is 0 Å². The fourth-order valence-electron chi connectivity index (χ4n) is 3.78. The van der Waals surface area contributed by atoms with Crippen LogP contribution in [0.1, 0.15) is 43.4 Å². The topological polar surface area (TPSA) is 234 Å². The molecule has 0 bridgehead atoms. The van der Waals surface area contributed by atoms with Crippen LogP contribution in [0.2, 0.25) is 5.02 Å². The molecule has 1 aliphatic carbocycles. The molecular weight excluding hydrogens is 554 g/mol. The van der Waals surface area contributed by atoms with Crippen molar-refractivity contribution >= 4 is 52.5 Å². The molecule has 0 spiro atoms. The van der Waals surface area contributed by atoms with Crippen molar-refractivity contribution in [3.8, 4) is 12.1 Å². The van der Waals surface area contributed by atoms with Crippen LogP contribution >= 0.6 is 11.6 Å². The molecule has 2 aromatic heterocycles. The SMILES string of the molecule is COC(N)=O.N#Cc1cc(Nc2nc(NC3CC3)c3ncc(C#N)n3n2)c(Cl)c(N2CCCCC2)c1.NCC(=O)O. The molecule has 0 radical (unpaired) electrons. The summed E-state index contributed by atoms with van der Waals surface area (Å²) in [6, 6.07) is 8.18. The van der Waals surface area contributed by atoms with Crippen LogP contribution in [0.25, 0.3) is 5.65 Å². The van der Waals surface area contributed by atoms with Gasteiger partial charge in [-0.2, -0.15) is 20.0 Å². The Morgan fingerprint density at radius 1 is 1.22 bits per heavy atom. The Bertz CT molecular complexity index is 1460. The van der Waals surface area contributed by atoms with E-state index in [2.05, 4.69) is 58.9 Å². The largest absolute Gasteiger partial charge is 0.480 e. The molecule has 15 nitrogen and oxygen atoms in total. The first kappa shape index (κ1) is 30.7. The summed E-state index contributed by atoms with van der Waals surface area (Å²) in [7, 11) is 1.22. The number of amides is 1. The van der Waals surface area contributed by atoms with E-state index in [1.807, 2.05) is 6.07 Å². The first-order valence-corrected chi connectivity index (χ1v) is 13.0. The molecule has 3 heterocycles. The van der Waals surface area contributed by atoms with Crippen LogP contribution < -0.4 is 27.0 Å². The molecule has 41 heavy (non-hydrogen) atoms. The van der Waals surface area contributed by atoms with Crippen molar-refractivity contribution in [1.29, 1.82) is 10.5 Å². The Hall–Kier alpha value is -4.86. The number of anilines is 4. The number of carboxylic acid groups (broad SMARTS) is 1. The average molecular weight is 584 g/mol. The summed E-state index contributed by atoms with van der Waals surface area (Å²) in [5.74, 6) is -0.137. The number of benzene rings is 1. The monoisotopic (exact) mass is 583 g/mol. The number of nitrogens with two attached hydrogens (primary N) is 2. The second kappa shape index (κ2) is 14.5. The maximum atomic E-state index is 9.54. The van der Waals surface area contributed by atoms with Gasteiger partial charge in [-0.15, -0.1) is 5.10 Å². The van der Waals surface area contributed by atoms with Crippen LogP contribution in [0.4, 0.5) is 27.9 Å². The molecule has 3 aromatic rings. The van der Waals surface area contributed by atoms with E-state index in [-0.39, 0.29) is 12.5 Å². The summed E-state index contributed by atoms with van der Waals surface area (Å²) in [5.41, 5.74) is 11.7. The maximum absolute atomic E-state index is 9.54. The number of halogens is 1. The normalized spacial score (nSPS) is 13.8. The van der Waals surface area contributed by atoms with Crippen molar-refractivity contribution in [2.24, 2.45) is 11.5 Å². The van der Waals surface area contributed by atoms with E-state index in [1.165, 1.54) is 24.2 Å². The molecule has 1 amide bonds. The van der Waals surface area contributed by atoms with Gasteiger partial charge in [-0.1, -0.05) is 11.6 Å². The molecule has 7 N–H and O–H groups in total. The standard InChI is InChI=1S/C21H20ClN9.2C2H5NO2/c22-18-16(8-13(10-23)9-17(18)30-6-2-1-3-7-30)27-21-28-19(26-14-4-5-14)20-25-12-15(11-24)31(20)29-21;1-5-2(3)4;3-1-2(4)5/h8-9,12,14H,1-7H2,(H2,26,27,28,29);1H3,(H2,3,4);1,3H2,(H,4,5). The minimum Gasteiger partial charge on any atom is -0.480 e. The van der Waals surface area contributed by atoms with Crippen molar-refractivity contribution in [3.63, 3.8) is 0 Å². The van der Waals surface area contributed by atoms with Gasteiger partial charge >= 0.3 is 12.1 Å². The molecular formula is C25H30ClN11O4. The Kier molecular flexibility index (Phi) is 10.9. The van der Waals surface area contributed by atoms with E-state index in [0.29, 0.717) is 39.5 Å². The minimum atomic E-state index is -0.968. The van der Waals surface area contributed by atoms with Crippen molar-refractivity contribution in [2.45, 2.75) is 38.1 Å². The molecule has 1 aromatic carbocycles. The predicted molar refractivity (Wildman–Crippen MR) is 151 cm³/mol. The van der Waals surface area contributed by atoms with Gasteiger partial charge in [-0.25, -0.2) is 9.78 Å². The Balaban J connectivity index is 0.000000400. The maximum Gasteiger partial charge on any atom is 0.404 e. The van der Waals surface area contributed by atoms with Crippen LogP contribution in [0, 0.1) is 22.7 Å². The zero-order valence-corrected chi connectivity index (χ0v) is 23.1. The Labute approximate surface area is 240 Å². The zero-order valence-electron chi connectivity index (χ0n) is 22.3. The first-order valence-electron chi connectivity index (χ1n) is 12.6. The van der Waals surface area contributed by atoms with Crippen LogP contribution in [-0.2, 0) is 9.53 Å². The number of piperidine rings is 1. The number of imidazole rings is 1. The van der Waals surface area contributed by atoms with Gasteiger partial charge in [0.1, 0.15) is 6.07 Å².